The molecule has 4 nitrogen and oxygen atoms in total. The van der Waals surface area contributed by atoms with Crippen LogP contribution >= 0.6 is 0 Å². The molecule has 0 aliphatic heterocycles. The number of rotatable bonds is 11. The third kappa shape index (κ3) is 9.81. The van der Waals surface area contributed by atoms with Gasteiger partial charge in [-0.2, -0.15) is 0 Å². The number of allylic oxidation sites excluding steroid dienone is 3. The molecule has 0 radical (unpaired) electrons. The van der Waals surface area contributed by atoms with E-state index in [9.17, 15) is 9.59 Å². The van der Waals surface area contributed by atoms with Gasteiger partial charge in [0.15, 0.2) is 0 Å². The Bertz CT molecular complexity index is 2490. The molecule has 8 rings (SSSR count). The molecule has 0 spiro atoms. The fourth-order valence-corrected chi connectivity index (χ4v) is 8.83. The van der Waals surface area contributed by atoms with E-state index in [1.807, 2.05) is 24.3 Å². The molecule has 0 saturated heterocycles. The molecule has 58 heavy (non-hydrogen) atoms. The molecule has 0 saturated carbocycles. The van der Waals surface area contributed by atoms with Crippen LogP contribution in [0.2, 0.25) is 0 Å². The zero-order valence-corrected chi connectivity index (χ0v) is 34.1. The van der Waals surface area contributed by atoms with Gasteiger partial charge in [-0.3, -0.25) is 0 Å². The lowest BCUT2D eigenvalue weighted by molar-refractivity contribution is 0.0686. The number of aromatic carboxylic acids is 2. The van der Waals surface area contributed by atoms with Gasteiger partial charge in [0.1, 0.15) is 0 Å². The van der Waals surface area contributed by atoms with Gasteiger partial charge in [-0.25, -0.2) is 9.59 Å². The highest BCUT2D eigenvalue weighted by Crippen LogP contribution is 2.37. The summed E-state index contributed by atoms with van der Waals surface area (Å²) in [6.07, 6.45) is 12.7. The summed E-state index contributed by atoms with van der Waals surface area (Å²) in [7, 11) is 0. The maximum Gasteiger partial charge on any atom is 0.335 e. The lowest BCUT2D eigenvalue weighted by Gasteiger charge is -2.14. The van der Waals surface area contributed by atoms with E-state index in [-0.39, 0.29) is 0 Å². The molecule has 4 heteroatoms. The van der Waals surface area contributed by atoms with Crippen LogP contribution in [0.5, 0.6) is 0 Å². The Labute approximate surface area is 343 Å². The summed E-state index contributed by atoms with van der Waals surface area (Å²) in [6, 6.07) is 41.3. The molecule has 292 valence electrons. The van der Waals surface area contributed by atoms with Crippen molar-refractivity contribution in [2.24, 2.45) is 0 Å². The first-order valence-electron chi connectivity index (χ1n) is 20.4. The molecule has 2 aliphatic carbocycles. The summed E-state index contributed by atoms with van der Waals surface area (Å²) < 4.78 is 0. The van der Waals surface area contributed by atoms with Gasteiger partial charge in [-0.05, 0) is 170 Å². The van der Waals surface area contributed by atoms with Crippen molar-refractivity contribution in [2.45, 2.75) is 79.1 Å². The van der Waals surface area contributed by atoms with Crippen molar-refractivity contribution in [1.29, 1.82) is 0 Å². The third-order valence-electron chi connectivity index (χ3n) is 11.4. The van der Waals surface area contributed by atoms with Gasteiger partial charge >= 0.3 is 11.9 Å². The van der Waals surface area contributed by atoms with Gasteiger partial charge in [0.25, 0.3) is 0 Å². The van der Waals surface area contributed by atoms with E-state index >= 15 is 0 Å². The Kier molecular flexibility index (Phi) is 12.3. The van der Waals surface area contributed by atoms with Crippen LogP contribution < -0.4 is 0 Å². The van der Waals surface area contributed by atoms with Gasteiger partial charge in [0, 0.05) is 0 Å². The van der Waals surface area contributed by atoms with Crippen LogP contribution in [0.3, 0.4) is 0 Å². The van der Waals surface area contributed by atoms with Crippen LogP contribution in [0, 0.1) is 27.7 Å². The summed E-state index contributed by atoms with van der Waals surface area (Å²) in [5.41, 5.74) is 22.3. The van der Waals surface area contributed by atoms with Crippen molar-refractivity contribution < 1.29 is 19.8 Å². The first-order chi connectivity index (χ1) is 28.0. The van der Waals surface area contributed by atoms with E-state index < -0.39 is 11.9 Å². The van der Waals surface area contributed by atoms with Gasteiger partial charge < -0.3 is 10.2 Å². The predicted molar refractivity (Wildman–Crippen MR) is 238 cm³/mol. The molecule has 0 fully saturated rings. The van der Waals surface area contributed by atoms with Crippen LogP contribution in [0.25, 0.3) is 17.2 Å². The second-order valence-corrected chi connectivity index (χ2v) is 16.1. The molecule has 0 atom stereocenters. The highest BCUT2D eigenvalue weighted by molar-refractivity contribution is 5.88. The van der Waals surface area contributed by atoms with Crippen molar-refractivity contribution in [3.63, 3.8) is 0 Å². The van der Waals surface area contributed by atoms with Crippen LogP contribution in [0.1, 0.15) is 105 Å². The van der Waals surface area contributed by atoms with Gasteiger partial charge in [-0.1, -0.05) is 131 Å². The van der Waals surface area contributed by atoms with E-state index in [1.54, 1.807) is 24.3 Å². The minimum absolute atomic E-state index is 0.341. The van der Waals surface area contributed by atoms with Crippen molar-refractivity contribution >= 4 is 29.2 Å². The number of benzene rings is 6. The fraction of sp³-hybridized carbons (Fsp3) is 0.222. The highest BCUT2D eigenvalue weighted by Gasteiger charge is 2.20. The summed E-state index contributed by atoms with van der Waals surface area (Å²) >= 11 is 0. The first kappa shape index (κ1) is 40.0. The Hall–Kier alpha value is -6.26. The molecule has 0 heterocycles. The zero-order chi connectivity index (χ0) is 40.8. The number of fused-ring (bicyclic) bond motifs is 2. The monoisotopic (exact) mass is 764 g/mol. The standard InChI is InChI=1S/2C27H26O2/c2*1-18-14-19(2)16-21(15-18)17-25-13-12-23-5-3-4-22(26(23)25)9-6-20-7-10-24(11-8-20)27(28)29/h3-5,7-8,10-11,14-17H,6,9,12-13H2,1-2H3,(H,28,29);3-5,7-8,10-11,13-16H,6,9,12,17H2,1-2H3,(H,28,29)/b25-17+;. The van der Waals surface area contributed by atoms with E-state index in [1.165, 1.54) is 89.0 Å². The van der Waals surface area contributed by atoms with E-state index in [0.29, 0.717) is 11.1 Å². The van der Waals surface area contributed by atoms with E-state index in [4.69, 9.17) is 10.2 Å². The normalized spacial score (nSPS) is 13.4. The van der Waals surface area contributed by atoms with Crippen LogP contribution in [0.4, 0.5) is 0 Å². The largest absolute Gasteiger partial charge is 0.478 e. The fourth-order valence-electron chi connectivity index (χ4n) is 8.83. The van der Waals surface area contributed by atoms with Crippen LogP contribution in [-0.2, 0) is 44.9 Å². The third-order valence-corrected chi connectivity index (χ3v) is 11.4. The lowest BCUT2D eigenvalue weighted by Crippen LogP contribution is -2.00. The maximum atomic E-state index is 11.0. The second-order valence-electron chi connectivity index (χ2n) is 16.1. The topological polar surface area (TPSA) is 74.6 Å². The SMILES string of the molecule is Cc1cc(C)cc(/C=C2\CCc3cccc(CCc4ccc(C(=O)O)cc4)c32)c1.Cc1cc(C)cc(CC2=CCc3cccc(CCc4ccc(C(=O)O)cc4)c32)c1. The Morgan fingerprint density at radius 3 is 1.57 bits per heavy atom. The summed E-state index contributed by atoms with van der Waals surface area (Å²) in [6.45, 7) is 8.63. The second kappa shape index (κ2) is 17.9. The highest BCUT2D eigenvalue weighted by atomic mass is 16.4. The molecule has 2 N–H and O–H groups in total. The number of carbonyl (C=O) groups is 2. The molecule has 6 aromatic carbocycles. The Morgan fingerprint density at radius 1 is 0.534 bits per heavy atom. The minimum Gasteiger partial charge on any atom is -0.478 e. The number of carboxylic acids is 2. The molecule has 0 amide bonds. The molecule has 0 aromatic heterocycles. The number of aryl methyl sites for hydroxylation is 9. The lowest BCUT2D eigenvalue weighted by atomic mass is 9.91. The van der Waals surface area contributed by atoms with Crippen molar-refractivity contribution in [1.82, 2.24) is 0 Å². The molecular formula is C54H52O4. The summed E-state index contributed by atoms with van der Waals surface area (Å²) in [5.74, 6) is -1.75. The van der Waals surface area contributed by atoms with Crippen LogP contribution in [0.15, 0.2) is 127 Å². The Morgan fingerprint density at radius 2 is 1.03 bits per heavy atom. The summed E-state index contributed by atoms with van der Waals surface area (Å²) in [4.78, 5) is 22.1. The first-order valence-corrected chi connectivity index (χ1v) is 20.4. The molecule has 6 aromatic rings. The number of hydrogen-bond donors (Lipinski definition) is 2. The Balaban J connectivity index is 0.000000177. The zero-order valence-electron chi connectivity index (χ0n) is 34.1. The minimum atomic E-state index is -0.876. The van der Waals surface area contributed by atoms with Crippen molar-refractivity contribution in [3.05, 3.63) is 216 Å². The smallest absolute Gasteiger partial charge is 0.335 e. The van der Waals surface area contributed by atoms with Crippen LogP contribution in [-0.4, -0.2) is 22.2 Å². The van der Waals surface area contributed by atoms with E-state index in [2.05, 4.69) is 113 Å². The number of hydrogen-bond acceptors (Lipinski definition) is 2. The van der Waals surface area contributed by atoms with Gasteiger partial charge in [0.05, 0.1) is 11.1 Å². The average Bonchev–Trinajstić information content (AvgIpc) is 3.80. The molecule has 0 unspecified atom stereocenters. The molecule has 2 aliphatic rings. The number of carboxylic acid groups (broad SMARTS) is 2. The van der Waals surface area contributed by atoms with Gasteiger partial charge in [-0.15, -0.1) is 0 Å². The molecular weight excluding hydrogens is 713 g/mol. The van der Waals surface area contributed by atoms with Gasteiger partial charge in [0.2, 0.25) is 0 Å². The van der Waals surface area contributed by atoms with Crippen molar-refractivity contribution in [2.75, 3.05) is 0 Å². The average molecular weight is 765 g/mol. The van der Waals surface area contributed by atoms with Crippen molar-refractivity contribution in [3.8, 4) is 0 Å². The van der Waals surface area contributed by atoms with E-state index in [0.717, 1.165) is 51.4 Å². The maximum absolute atomic E-state index is 11.0. The predicted octanol–water partition coefficient (Wildman–Crippen LogP) is 12.2. The molecule has 0 bridgehead atoms. The quantitative estimate of drug-likeness (QED) is 0.138. The summed E-state index contributed by atoms with van der Waals surface area (Å²) in [5, 5.41) is 18.1.